The molecule has 84 valence electrons. The molecule has 0 fully saturated rings. The summed E-state index contributed by atoms with van der Waals surface area (Å²) < 4.78 is 0. The standard InChI is InChI=1S/C8H7NO4.Li.2H2O/c1-5-2-3-6(8(10)11)4-7(5)9(12)13;;;/h2-4H,1H3,(H,10,11);;2*1H2/q;+1;;/p-1. The Morgan fingerprint density at radius 2 is 1.81 bits per heavy atom. The minimum Gasteiger partial charge on any atom is -0.545 e. The fourth-order valence-electron chi connectivity index (χ4n) is 0.933. The molecule has 0 amide bonds. The molecule has 1 aromatic rings. The first-order valence-corrected chi connectivity index (χ1v) is 3.49. The van der Waals surface area contributed by atoms with Crippen molar-refractivity contribution >= 4 is 11.7 Å². The number of nitro groups is 1. The van der Waals surface area contributed by atoms with E-state index in [4.69, 9.17) is 0 Å². The van der Waals surface area contributed by atoms with Gasteiger partial charge in [0.2, 0.25) is 0 Å². The van der Waals surface area contributed by atoms with Gasteiger partial charge in [0, 0.05) is 17.2 Å². The molecule has 0 heterocycles. The van der Waals surface area contributed by atoms with Gasteiger partial charge in [-0.25, -0.2) is 0 Å². The first kappa shape index (κ1) is 20.1. The summed E-state index contributed by atoms with van der Waals surface area (Å²) in [6.07, 6.45) is 0. The number of hydrogen-bond donors (Lipinski definition) is 0. The molecule has 0 spiro atoms. The van der Waals surface area contributed by atoms with Gasteiger partial charge in [-0.3, -0.25) is 10.1 Å². The van der Waals surface area contributed by atoms with Crippen LogP contribution in [-0.2, 0) is 0 Å². The summed E-state index contributed by atoms with van der Waals surface area (Å²) in [4.78, 5) is 20.1. The number of hydrogen-bond acceptors (Lipinski definition) is 4. The second-order valence-electron chi connectivity index (χ2n) is 2.55. The van der Waals surface area contributed by atoms with Crippen LogP contribution in [0.2, 0.25) is 0 Å². The van der Waals surface area contributed by atoms with Gasteiger partial charge in [-0.1, -0.05) is 12.1 Å². The molecule has 4 N–H and O–H groups in total. The molecule has 0 atom stereocenters. The maximum atomic E-state index is 10.4. The number of aryl methyl sites for hydroxylation is 1. The van der Waals surface area contributed by atoms with E-state index in [0.717, 1.165) is 6.07 Å². The average molecular weight is 223 g/mol. The molecule has 0 unspecified atom stereocenters. The Morgan fingerprint density at radius 1 is 1.31 bits per heavy atom. The zero-order chi connectivity index (χ0) is 10.0. The van der Waals surface area contributed by atoms with Crippen LogP contribution in [0.5, 0.6) is 0 Å². The Hall–Kier alpha value is -1.39. The molecule has 0 aliphatic rings. The maximum Gasteiger partial charge on any atom is 1.00 e. The summed E-state index contributed by atoms with van der Waals surface area (Å²) in [5, 5.41) is 20.7. The first-order chi connectivity index (χ1) is 6.02. The second-order valence-corrected chi connectivity index (χ2v) is 2.55. The first-order valence-electron chi connectivity index (χ1n) is 3.49. The third kappa shape index (κ3) is 4.42. The quantitative estimate of drug-likeness (QED) is 0.283. The number of carboxylic acids is 1. The summed E-state index contributed by atoms with van der Waals surface area (Å²) in [6.45, 7) is 1.54. The fraction of sp³-hybridized carbons (Fsp3) is 0.125. The van der Waals surface area contributed by atoms with E-state index in [1.807, 2.05) is 0 Å². The van der Waals surface area contributed by atoms with E-state index in [1.165, 1.54) is 19.1 Å². The molecular weight excluding hydrogens is 213 g/mol. The van der Waals surface area contributed by atoms with Crippen LogP contribution in [0.3, 0.4) is 0 Å². The number of carboxylic acid groups (broad SMARTS) is 1. The Morgan fingerprint density at radius 3 is 2.19 bits per heavy atom. The van der Waals surface area contributed by atoms with E-state index >= 15 is 0 Å². The van der Waals surface area contributed by atoms with Gasteiger partial charge in [0.1, 0.15) is 0 Å². The van der Waals surface area contributed by atoms with Gasteiger partial charge in [0.15, 0.2) is 0 Å². The molecule has 8 heteroatoms. The largest absolute Gasteiger partial charge is 1.00 e. The van der Waals surface area contributed by atoms with E-state index in [0.29, 0.717) is 5.56 Å². The van der Waals surface area contributed by atoms with Crippen LogP contribution in [0.1, 0.15) is 15.9 Å². The average Bonchev–Trinajstić information content (AvgIpc) is 2.04. The number of aromatic carboxylic acids is 1. The Labute approximate surface area is 103 Å². The van der Waals surface area contributed by atoms with E-state index < -0.39 is 10.9 Å². The molecule has 0 saturated carbocycles. The van der Waals surface area contributed by atoms with Gasteiger partial charge in [0.05, 0.1) is 10.9 Å². The van der Waals surface area contributed by atoms with Crippen LogP contribution < -0.4 is 24.0 Å². The number of rotatable bonds is 2. The summed E-state index contributed by atoms with van der Waals surface area (Å²) in [6, 6.07) is 3.64. The predicted octanol–water partition coefficient (Wildman–Crippen LogP) is -4.38. The predicted molar refractivity (Wildman–Crippen MR) is 49.4 cm³/mol. The number of benzene rings is 1. The third-order valence-electron chi connectivity index (χ3n) is 1.64. The van der Waals surface area contributed by atoms with Gasteiger partial charge < -0.3 is 20.9 Å². The monoisotopic (exact) mass is 223 g/mol. The molecule has 1 aromatic carbocycles. The minimum atomic E-state index is -1.41. The van der Waals surface area contributed by atoms with Crippen molar-refractivity contribution in [1.82, 2.24) is 0 Å². The van der Waals surface area contributed by atoms with Crippen molar-refractivity contribution in [2.75, 3.05) is 0 Å². The normalized spacial score (nSPS) is 7.81. The van der Waals surface area contributed by atoms with Crippen LogP contribution in [0.25, 0.3) is 0 Å². The SMILES string of the molecule is Cc1ccc(C(=O)[O-])cc1[N+](=O)[O-].O.O.[Li+]. The van der Waals surface area contributed by atoms with Crippen LogP contribution in [0.15, 0.2) is 18.2 Å². The molecule has 7 nitrogen and oxygen atoms in total. The number of nitrogens with zero attached hydrogens (tertiary/aromatic N) is 1. The van der Waals surface area contributed by atoms with Crippen molar-refractivity contribution in [3.05, 3.63) is 39.4 Å². The van der Waals surface area contributed by atoms with Crippen molar-refractivity contribution in [1.29, 1.82) is 0 Å². The zero-order valence-corrected chi connectivity index (χ0v) is 8.81. The zero-order valence-electron chi connectivity index (χ0n) is 8.81. The van der Waals surface area contributed by atoms with Crippen LogP contribution in [0, 0.1) is 17.0 Å². The van der Waals surface area contributed by atoms with Crippen LogP contribution >= 0.6 is 0 Å². The Balaban J connectivity index is -0.000000563. The number of nitro benzene ring substituents is 1. The van der Waals surface area contributed by atoms with E-state index in [9.17, 15) is 20.0 Å². The Kier molecular flexibility index (Phi) is 9.84. The fourth-order valence-corrected chi connectivity index (χ4v) is 0.933. The van der Waals surface area contributed by atoms with E-state index in [2.05, 4.69) is 0 Å². The van der Waals surface area contributed by atoms with Crippen molar-refractivity contribution in [2.24, 2.45) is 0 Å². The summed E-state index contributed by atoms with van der Waals surface area (Å²) in [5.41, 5.74) is 0.0361. The van der Waals surface area contributed by atoms with Gasteiger partial charge in [-0.15, -0.1) is 0 Å². The smallest absolute Gasteiger partial charge is 0.545 e. The van der Waals surface area contributed by atoms with Crippen LogP contribution in [0.4, 0.5) is 5.69 Å². The summed E-state index contributed by atoms with van der Waals surface area (Å²) >= 11 is 0. The van der Waals surface area contributed by atoms with Crippen molar-refractivity contribution in [3.8, 4) is 0 Å². The molecule has 0 bridgehead atoms. The van der Waals surface area contributed by atoms with Gasteiger partial charge >= 0.3 is 18.9 Å². The van der Waals surface area contributed by atoms with Gasteiger partial charge in [-0.2, -0.15) is 0 Å². The van der Waals surface area contributed by atoms with Gasteiger partial charge in [-0.05, 0) is 6.92 Å². The van der Waals surface area contributed by atoms with Crippen molar-refractivity contribution in [3.63, 3.8) is 0 Å². The van der Waals surface area contributed by atoms with Crippen LogP contribution in [-0.4, -0.2) is 21.8 Å². The molecule has 0 aliphatic carbocycles. The van der Waals surface area contributed by atoms with Crippen molar-refractivity contribution < 1.29 is 44.6 Å². The van der Waals surface area contributed by atoms with E-state index in [-0.39, 0.29) is 41.1 Å². The number of carbonyl (C=O) groups excluding carboxylic acids is 1. The minimum absolute atomic E-state index is 0. The topological polar surface area (TPSA) is 146 Å². The summed E-state index contributed by atoms with van der Waals surface area (Å²) in [5.74, 6) is -1.41. The second kappa shape index (κ2) is 7.84. The molecule has 0 aliphatic heterocycles. The summed E-state index contributed by atoms with van der Waals surface area (Å²) in [7, 11) is 0. The molecule has 16 heavy (non-hydrogen) atoms. The molecule has 0 saturated heterocycles. The number of carbonyl (C=O) groups is 1. The molecule has 1 rings (SSSR count). The molecule has 0 aromatic heterocycles. The van der Waals surface area contributed by atoms with E-state index in [1.54, 1.807) is 0 Å². The van der Waals surface area contributed by atoms with Gasteiger partial charge in [0.25, 0.3) is 5.69 Å². The molecular formula is C8H10LiNO6. The Bertz CT molecular complexity index is 381. The molecule has 0 radical (unpaired) electrons. The maximum absolute atomic E-state index is 10.4. The van der Waals surface area contributed by atoms with Crippen molar-refractivity contribution in [2.45, 2.75) is 6.92 Å². The third-order valence-corrected chi connectivity index (χ3v) is 1.64.